The summed E-state index contributed by atoms with van der Waals surface area (Å²) in [5.74, 6) is -2.27. The molecule has 0 saturated carbocycles. The number of carbonyl (C=O) groups is 4. The molecule has 19 heteroatoms. The third kappa shape index (κ3) is 75.9. The molecule has 0 aliphatic carbocycles. The predicted molar refractivity (Wildman–Crippen MR) is 427 cm³/mol. The Balaban J connectivity index is 5.42. The van der Waals surface area contributed by atoms with Crippen molar-refractivity contribution >= 4 is 39.5 Å². The van der Waals surface area contributed by atoms with Crippen molar-refractivity contribution < 1.29 is 80.2 Å². The number of rotatable bonds is 77. The highest BCUT2D eigenvalue weighted by atomic mass is 31.2. The van der Waals surface area contributed by atoms with E-state index in [0.717, 1.165) is 173 Å². The Labute approximate surface area is 632 Å². The lowest BCUT2D eigenvalue weighted by Gasteiger charge is -2.21. The molecule has 600 valence electrons. The lowest BCUT2D eigenvalue weighted by molar-refractivity contribution is -0.161. The Morgan fingerprint density at radius 3 is 0.827 bits per heavy atom. The number of phosphoric ester groups is 2. The van der Waals surface area contributed by atoms with Gasteiger partial charge in [-0.15, -0.1) is 0 Å². The molecule has 0 amide bonds. The maximum absolute atomic E-state index is 13.1. The Kier molecular flexibility index (Phi) is 73.7. The van der Waals surface area contributed by atoms with Crippen LogP contribution in [0.5, 0.6) is 0 Å². The van der Waals surface area contributed by atoms with Crippen molar-refractivity contribution in [1.29, 1.82) is 0 Å². The highest BCUT2D eigenvalue weighted by Crippen LogP contribution is 2.45. The third-order valence-corrected chi connectivity index (χ3v) is 19.1. The van der Waals surface area contributed by atoms with E-state index in [4.69, 9.17) is 37.0 Å². The van der Waals surface area contributed by atoms with E-state index >= 15 is 0 Å². The third-order valence-electron chi connectivity index (χ3n) is 17.2. The van der Waals surface area contributed by atoms with Crippen molar-refractivity contribution in [2.24, 2.45) is 0 Å². The summed E-state index contributed by atoms with van der Waals surface area (Å²) in [6.07, 6.45) is 83.5. The van der Waals surface area contributed by atoms with Crippen LogP contribution < -0.4 is 0 Å². The average Bonchev–Trinajstić information content (AvgIpc) is 0.918. The second-order valence-corrected chi connectivity index (χ2v) is 30.2. The van der Waals surface area contributed by atoms with E-state index in [0.29, 0.717) is 32.1 Å². The molecule has 0 heterocycles. The summed E-state index contributed by atoms with van der Waals surface area (Å²) in [6.45, 7) is 4.67. The zero-order valence-electron chi connectivity index (χ0n) is 65.7. The van der Waals surface area contributed by atoms with Crippen LogP contribution in [-0.4, -0.2) is 96.7 Å². The van der Waals surface area contributed by atoms with Crippen molar-refractivity contribution in [2.75, 3.05) is 39.6 Å². The van der Waals surface area contributed by atoms with Crippen LogP contribution in [0, 0.1) is 0 Å². The van der Waals surface area contributed by atoms with Gasteiger partial charge in [-0.25, -0.2) is 9.13 Å². The van der Waals surface area contributed by atoms with Crippen LogP contribution in [0.4, 0.5) is 0 Å². The van der Waals surface area contributed by atoms with Crippen molar-refractivity contribution in [1.82, 2.24) is 0 Å². The minimum Gasteiger partial charge on any atom is -0.462 e. The van der Waals surface area contributed by atoms with Crippen molar-refractivity contribution in [3.8, 4) is 0 Å². The predicted octanol–water partition coefficient (Wildman–Crippen LogP) is 24.1. The number of ether oxygens (including phenoxy) is 4. The number of aliphatic hydroxyl groups is 1. The van der Waals surface area contributed by atoms with E-state index in [1.54, 1.807) is 0 Å². The van der Waals surface area contributed by atoms with E-state index in [-0.39, 0.29) is 25.7 Å². The molecule has 0 fully saturated rings. The fourth-order valence-electron chi connectivity index (χ4n) is 10.9. The molecule has 0 saturated heterocycles. The van der Waals surface area contributed by atoms with Crippen molar-refractivity contribution in [2.45, 2.75) is 367 Å². The van der Waals surface area contributed by atoms with Crippen LogP contribution in [0.1, 0.15) is 349 Å². The molecule has 17 nitrogen and oxygen atoms in total. The molecule has 0 aromatic heterocycles. The molecule has 3 N–H and O–H groups in total. The van der Waals surface area contributed by atoms with Gasteiger partial charge in [-0.3, -0.25) is 37.3 Å². The molecule has 0 spiro atoms. The van der Waals surface area contributed by atoms with Gasteiger partial charge in [0.05, 0.1) is 26.4 Å². The number of unbranched alkanes of at least 4 members (excludes halogenated alkanes) is 33. The maximum Gasteiger partial charge on any atom is 0.472 e. The van der Waals surface area contributed by atoms with Crippen molar-refractivity contribution in [3.05, 3.63) is 109 Å². The summed E-state index contributed by atoms with van der Waals surface area (Å²) in [6, 6.07) is 0. The van der Waals surface area contributed by atoms with Gasteiger partial charge in [-0.2, -0.15) is 0 Å². The van der Waals surface area contributed by atoms with E-state index in [9.17, 15) is 43.2 Å². The second kappa shape index (κ2) is 76.9. The summed E-state index contributed by atoms with van der Waals surface area (Å²) < 4.78 is 68.6. The molecule has 5 atom stereocenters. The maximum atomic E-state index is 13.1. The first-order chi connectivity index (χ1) is 50.7. The SMILES string of the molecule is CC/C=C\C/C=C\C/C=C\C/C=C\C/C=C\C/C=C\CCC(=O)OC[C@H](COP(=O)(O)OC[C@@H](O)COP(=O)(O)OC[C@@H](COC(=O)CCCCCCCCC/C=C\CCCCCC)OC(=O)CCCCCCCCC/C=C\CCCCCC)OC(=O)CCCCCCCCC/C=C\CCCCCC. The minimum absolute atomic E-state index is 0.0351. The number of carbonyl (C=O) groups excluding carboxylic acids is 4. The number of phosphoric acid groups is 2. The first-order valence-electron chi connectivity index (χ1n) is 41.1. The van der Waals surface area contributed by atoms with Gasteiger partial charge in [0.15, 0.2) is 12.2 Å². The molecule has 0 aliphatic rings. The number of hydrogen-bond donors (Lipinski definition) is 3. The van der Waals surface area contributed by atoms with E-state index in [1.807, 2.05) is 18.2 Å². The smallest absolute Gasteiger partial charge is 0.462 e. The van der Waals surface area contributed by atoms with E-state index in [2.05, 4.69) is 119 Å². The first-order valence-corrected chi connectivity index (χ1v) is 44.1. The Bertz CT molecular complexity index is 2390. The summed E-state index contributed by atoms with van der Waals surface area (Å²) in [4.78, 5) is 73.1. The molecule has 0 aromatic carbocycles. The van der Waals surface area contributed by atoms with Gasteiger partial charge >= 0.3 is 39.5 Å². The van der Waals surface area contributed by atoms with Crippen LogP contribution >= 0.6 is 15.6 Å². The number of aliphatic hydroxyl groups excluding tert-OH is 1. The van der Waals surface area contributed by atoms with E-state index < -0.39 is 97.5 Å². The molecular weight excluding hydrogens is 1350 g/mol. The van der Waals surface area contributed by atoms with E-state index in [1.165, 1.54) is 89.9 Å². The Morgan fingerprint density at radius 1 is 0.279 bits per heavy atom. The summed E-state index contributed by atoms with van der Waals surface area (Å²) in [5.41, 5.74) is 0. The number of hydrogen-bond acceptors (Lipinski definition) is 15. The normalized spacial score (nSPS) is 14.4. The average molecular weight is 1500 g/mol. The highest BCUT2D eigenvalue weighted by Gasteiger charge is 2.30. The molecule has 0 aliphatic heterocycles. The lowest BCUT2D eigenvalue weighted by atomic mass is 10.1. The monoisotopic (exact) mass is 1500 g/mol. The molecule has 0 radical (unpaired) electrons. The van der Waals surface area contributed by atoms with Gasteiger partial charge in [0.25, 0.3) is 0 Å². The molecule has 2 unspecified atom stereocenters. The largest absolute Gasteiger partial charge is 0.472 e. The van der Waals surface area contributed by atoms with Gasteiger partial charge in [0.1, 0.15) is 19.3 Å². The highest BCUT2D eigenvalue weighted by molar-refractivity contribution is 7.47. The fraction of sp³-hybridized carbons (Fsp3) is 0.741. The quantitative estimate of drug-likeness (QED) is 0.0169. The molecule has 0 bridgehead atoms. The molecule has 0 rings (SSSR count). The van der Waals surface area contributed by atoms with Gasteiger partial charge in [0, 0.05) is 25.7 Å². The zero-order valence-corrected chi connectivity index (χ0v) is 67.5. The standard InChI is InChI=1S/C85H148O17P2/c1-5-9-13-17-21-25-29-33-37-38-39-40-44-46-50-54-58-62-66-70-83(88)96-76-81(102-85(90)72-68-64-60-56-52-48-43-36-32-28-24-20-16-12-8-4)78-100-104(93,94)98-74-79(86)73-97-103(91,92)99-77-80(101-84(89)71-67-63-59-55-51-47-42-35-31-27-23-19-15-11-7-3)75-95-82(87)69-65-61-57-53-49-45-41-34-30-26-22-18-14-10-6-2/h9,13,21,25-28,30-33,37,39-40,46,50,58,62,79-81,86H,5-8,10-12,14-20,22-24,29,34-36,38,41-45,47-49,51-57,59-61,63-78H2,1-4H3,(H,91,92)(H,93,94)/b13-9-,25-21-,30-26-,31-27-,32-28-,37-33-,40-39-,50-46-,62-58-/t79-,80+,81+/m0/s1. The van der Waals surface area contributed by atoms with Gasteiger partial charge < -0.3 is 33.8 Å². The Hall–Kier alpha value is -4.28. The molecule has 104 heavy (non-hydrogen) atoms. The number of esters is 4. The summed E-state index contributed by atoms with van der Waals surface area (Å²) >= 11 is 0. The van der Waals surface area contributed by atoms with Gasteiger partial charge in [-0.1, -0.05) is 291 Å². The van der Waals surface area contributed by atoms with Gasteiger partial charge in [0.2, 0.25) is 0 Å². The minimum atomic E-state index is -5.00. The van der Waals surface area contributed by atoms with Crippen LogP contribution in [-0.2, 0) is 65.4 Å². The molecule has 0 aromatic rings. The van der Waals surface area contributed by atoms with Crippen LogP contribution in [0.2, 0.25) is 0 Å². The summed E-state index contributed by atoms with van der Waals surface area (Å²) in [7, 11) is -9.98. The van der Waals surface area contributed by atoms with Crippen molar-refractivity contribution in [3.63, 3.8) is 0 Å². The second-order valence-electron chi connectivity index (χ2n) is 27.3. The first kappa shape index (κ1) is 99.7. The van der Waals surface area contributed by atoms with Gasteiger partial charge in [-0.05, 0) is 141 Å². The molecular formula is C85H148O17P2. The van der Waals surface area contributed by atoms with Crippen LogP contribution in [0.25, 0.3) is 0 Å². The number of allylic oxidation sites excluding steroid dienone is 18. The fourth-order valence-corrected chi connectivity index (χ4v) is 12.5. The Morgan fingerprint density at radius 2 is 0.519 bits per heavy atom. The zero-order chi connectivity index (χ0) is 76.0. The van der Waals surface area contributed by atoms with Crippen LogP contribution in [0.3, 0.4) is 0 Å². The topological polar surface area (TPSA) is 237 Å². The van der Waals surface area contributed by atoms with Crippen LogP contribution in [0.15, 0.2) is 109 Å². The lowest BCUT2D eigenvalue weighted by Crippen LogP contribution is -2.30. The summed E-state index contributed by atoms with van der Waals surface area (Å²) in [5, 5.41) is 10.6.